The molecule has 3 rings (SSSR count). The van der Waals surface area contributed by atoms with Crippen molar-refractivity contribution in [3.63, 3.8) is 0 Å². The number of benzene rings is 2. The quantitative estimate of drug-likeness (QED) is 0.596. The van der Waals surface area contributed by atoms with Crippen LogP contribution in [0.1, 0.15) is 37.3 Å². The summed E-state index contributed by atoms with van der Waals surface area (Å²) in [5, 5.41) is 3.05. The largest absolute Gasteiger partial charge is 0.352 e. The Morgan fingerprint density at radius 3 is 2.42 bits per heavy atom. The second-order valence-corrected chi connectivity index (χ2v) is 10.2. The van der Waals surface area contributed by atoms with Crippen molar-refractivity contribution in [2.24, 2.45) is 5.92 Å². The van der Waals surface area contributed by atoms with Crippen LogP contribution >= 0.6 is 11.6 Å². The lowest BCUT2D eigenvalue weighted by Crippen LogP contribution is -2.33. The van der Waals surface area contributed by atoms with Gasteiger partial charge in [-0.15, -0.1) is 0 Å². The van der Waals surface area contributed by atoms with E-state index in [-0.39, 0.29) is 28.8 Å². The van der Waals surface area contributed by atoms with Gasteiger partial charge in [0.1, 0.15) is 4.90 Å². The Kier molecular flexibility index (Phi) is 8.49. The fourth-order valence-electron chi connectivity index (χ4n) is 3.67. The highest BCUT2D eigenvalue weighted by Crippen LogP contribution is 2.21. The van der Waals surface area contributed by atoms with Gasteiger partial charge in [-0.3, -0.25) is 9.69 Å². The minimum atomic E-state index is -3.75. The zero-order valence-corrected chi connectivity index (χ0v) is 19.4. The van der Waals surface area contributed by atoms with Crippen LogP contribution in [0.2, 0.25) is 5.02 Å². The molecule has 2 aromatic carbocycles. The zero-order chi connectivity index (χ0) is 22.3. The standard InChI is InChI=1S/C23H30ClN3O3S/c1-18-11-14-27(15-12-18)17-20-7-3-2-6-19(20)16-25-23(28)10-13-26-31(29,30)22-9-5-4-8-21(22)24/h2-9,18,26H,10-17H2,1H3,(H,25,28). The number of hydrogen-bond donors (Lipinski definition) is 2. The van der Waals surface area contributed by atoms with Crippen LogP contribution in [-0.2, 0) is 27.9 Å². The molecule has 0 atom stereocenters. The van der Waals surface area contributed by atoms with E-state index in [1.807, 2.05) is 18.2 Å². The number of nitrogens with one attached hydrogen (secondary N) is 2. The van der Waals surface area contributed by atoms with Crippen molar-refractivity contribution in [2.45, 2.75) is 44.2 Å². The number of nitrogens with zero attached hydrogens (tertiary/aromatic N) is 1. The molecule has 31 heavy (non-hydrogen) atoms. The second-order valence-electron chi connectivity index (χ2n) is 8.08. The number of carbonyl (C=O) groups is 1. The number of piperidine rings is 1. The van der Waals surface area contributed by atoms with E-state index in [1.54, 1.807) is 12.1 Å². The molecule has 0 bridgehead atoms. The van der Waals surface area contributed by atoms with Gasteiger partial charge in [0.2, 0.25) is 15.9 Å². The highest BCUT2D eigenvalue weighted by atomic mass is 35.5. The van der Waals surface area contributed by atoms with Gasteiger partial charge in [0.15, 0.2) is 0 Å². The summed E-state index contributed by atoms with van der Waals surface area (Å²) in [5.41, 5.74) is 2.31. The van der Waals surface area contributed by atoms with Crippen molar-refractivity contribution >= 4 is 27.5 Å². The molecule has 2 aromatic rings. The van der Waals surface area contributed by atoms with Crippen molar-refractivity contribution in [1.82, 2.24) is 14.9 Å². The Morgan fingerprint density at radius 2 is 1.71 bits per heavy atom. The van der Waals surface area contributed by atoms with Crippen LogP contribution < -0.4 is 10.0 Å². The molecule has 0 aliphatic carbocycles. The van der Waals surface area contributed by atoms with Crippen molar-refractivity contribution in [1.29, 1.82) is 0 Å². The maximum absolute atomic E-state index is 12.3. The lowest BCUT2D eigenvalue weighted by molar-refractivity contribution is -0.121. The van der Waals surface area contributed by atoms with Crippen LogP contribution in [0.5, 0.6) is 0 Å². The molecule has 0 radical (unpaired) electrons. The Labute approximate surface area is 190 Å². The maximum atomic E-state index is 12.3. The van der Waals surface area contributed by atoms with Crippen molar-refractivity contribution in [3.05, 3.63) is 64.7 Å². The molecule has 1 saturated heterocycles. The molecule has 6 nitrogen and oxygen atoms in total. The third-order valence-electron chi connectivity index (χ3n) is 5.63. The second kappa shape index (κ2) is 11.1. The SMILES string of the molecule is CC1CCN(Cc2ccccc2CNC(=O)CCNS(=O)(=O)c2ccccc2Cl)CC1. The van der Waals surface area contributed by atoms with E-state index >= 15 is 0 Å². The van der Waals surface area contributed by atoms with E-state index in [0.717, 1.165) is 31.1 Å². The molecule has 0 spiro atoms. The van der Waals surface area contributed by atoms with E-state index in [1.165, 1.54) is 30.5 Å². The van der Waals surface area contributed by atoms with E-state index < -0.39 is 10.0 Å². The number of likely N-dealkylation sites (tertiary alicyclic amines) is 1. The summed E-state index contributed by atoms with van der Waals surface area (Å²) < 4.78 is 27.1. The summed E-state index contributed by atoms with van der Waals surface area (Å²) in [4.78, 5) is 14.7. The summed E-state index contributed by atoms with van der Waals surface area (Å²) in [6.45, 7) is 5.83. The molecule has 1 heterocycles. The van der Waals surface area contributed by atoms with Crippen molar-refractivity contribution in [2.75, 3.05) is 19.6 Å². The van der Waals surface area contributed by atoms with Crippen LogP contribution in [0.15, 0.2) is 53.4 Å². The van der Waals surface area contributed by atoms with E-state index in [2.05, 4.69) is 27.9 Å². The van der Waals surface area contributed by atoms with Gasteiger partial charge in [-0.2, -0.15) is 0 Å². The summed E-state index contributed by atoms with van der Waals surface area (Å²) in [6, 6.07) is 14.4. The minimum absolute atomic E-state index is 0.00694. The highest BCUT2D eigenvalue weighted by Gasteiger charge is 2.18. The van der Waals surface area contributed by atoms with Gasteiger partial charge >= 0.3 is 0 Å². The number of hydrogen-bond acceptors (Lipinski definition) is 4. The molecule has 0 unspecified atom stereocenters. The Hall–Kier alpha value is -1.93. The normalized spacial score (nSPS) is 15.7. The molecule has 1 fully saturated rings. The summed E-state index contributed by atoms with van der Waals surface area (Å²) >= 11 is 5.96. The lowest BCUT2D eigenvalue weighted by atomic mass is 9.98. The lowest BCUT2D eigenvalue weighted by Gasteiger charge is -2.30. The smallest absolute Gasteiger partial charge is 0.242 e. The maximum Gasteiger partial charge on any atom is 0.242 e. The summed E-state index contributed by atoms with van der Waals surface area (Å²) in [7, 11) is -3.75. The fraction of sp³-hybridized carbons (Fsp3) is 0.435. The molecule has 2 N–H and O–H groups in total. The summed E-state index contributed by atoms with van der Waals surface area (Å²) in [5.74, 6) is 0.588. The number of rotatable bonds is 9. The molecule has 1 aliphatic heterocycles. The summed E-state index contributed by atoms with van der Waals surface area (Å²) in [6.07, 6.45) is 2.50. The fourth-order valence-corrected chi connectivity index (χ4v) is 5.22. The first kappa shape index (κ1) is 23.7. The first-order chi connectivity index (χ1) is 14.8. The Morgan fingerprint density at radius 1 is 1.06 bits per heavy atom. The molecule has 0 saturated carbocycles. The highest BCUT2D eigenvalue weighted by molar-refractivity contribution is 7.89. The molecular weight excluding hydrogens is 434 g/mol. The monoisotopic (exact) mass is 463 g/mol. The average Bonchev–Trinajstić information content (AvgIpc) is 2.75. The number of amides is 1. The third kappa shape index (κ3) is 7.04. The van der Waals surface area contributed by atoms with Crippen LogP contribution in [0.3, 0.4) is 0 Å². The Balaban J connectivity index is 1.47. The number of sulfonamides is 1. The van der Waals surface area contributed by atoms with E-state index in [0.29, 0.717) is 6.54 Å². The van der Waals surface area contributed by atoms with Gasteiger partial charge in [-0.05, 0) is 55.1 Å². The van der Waals surface area contributed by atoms with E-state index in [4.69, 9.17) is 11.6 Å². The molecule has 168 valence electrons. The predicted octanol–water partition coefficient (Wildman–Crippen LogP) is 3.56. The third-order valence-corrected chi connectivity index (χ3v) is 7.60. The van der Waals surface area contributed by atoms with Gasteiger partial charge in [0, 0.05) is 26.1 Å². The zero-order valence-electron chi connectivity index (χ0n) is 17.8. The van der Waals surface area contributed by atoms with Crippen LogP contribution in [-0.4, -0.2) is 38.9 Å². The van der Waals surface area contributed by atoms with E-state index in [9.17, 15) is 13.2 Å². The van der Waals surface area contributed by atoms with Gasteiger partial charge in [0.05, 0.1) is 5.02 Å². The average molecular weight is 464 g/mol. The van der Waals surface area contributed by atoms with Crippen LogP contribution in [0.25, 0.3) is 0 Å². The first-order valence-corrected chi connectivity index (χ1v) is 12.5. The van der Waals surface area contributed by atoms with Gasteiger partial charge in [-0.1, -0.05) is 54.9 Å². The Bertz CT molecular complexity index is 989. The van der Waals surface area contributed by atoms with Gasteiger partial charge in [-0.25, -0.2) is 13.1 Å². The van der Waals surface area contributed by atoms with Gasteiger partial charge < -0.3 is 5.32 Å². The van der Waals surface area contributed by atoms with Gasteiger partial charge in [0.25, 0.3) is 0 Å². The molecule has 0 aromatic heterocycles. The molecule has 1 amide bonds. The molecule has 1 aliphatic rings. The number of halogens is 1. The topological polar surface area (TPSA) is 78.5 Å². The minimum Gasteiger partial charge on any atom is -0.352 e. The van der Waals surface area contributed by atoms with Crippen LogP contribution in [0.4, 0.5) is 0 Å². The van der Waals surface area contributed by atoms with Crippen molar-refractivity contribution < 1.29 is 13.2 Å². The van der Waals surface area contributed by atoms with Crippen molar-refractivity contribution in [3.8, 4) is 0 Å². The number of carbonyl (C=O) groups excluding carboxylic acids is 1. The molecular formula is C23H30ClN3O3S. The first-order valence-electron chi connectivity index (χ1n) is 10.6. The predicted molar refractivity (Wildman–Crippen MR) is 123 cm³/mol. The molecule has 8 heteroatoms. The van der Waals surface area contributed by atoms with Crippen LogP contribution in [0, 0.1) is 5.92 Å².